The molecular weight excluding hydrogens is 288 g/mol. The van der Waals surface area contributed by atoms with Gasteiger partial charge in [-0.3, -0.25) is 0 Å². The molecule has 0 amide bonds. The Kier molecular flexibility index (Phi) is 4.64. The molecule has 1 aliphatic rings. The zero-order chi connectivity index (χ0) is 11.4. The molecule has 1 aromatic heterocycles. The van der Waals surface area contributed by atoms with Crippen molar-refractivity contribution in [2.24, 2.45) is 11.7 Å². The first-order valence-electron chi connectivity index (χ1n) is 5.33. The molecular formula is C11H15BrN2OS. The minimum absolute atomic E-state index is 0.206. The van der Waals surface area contributed by atoms with Crippen molar-refractivity contribution in [3.8, 4) is 0 Å². The van der Waals surface area contributed by atoms with E-state index in [0.29, 0.717) is 5.92 Å². The minimum Gasteiger partial charge on any atom is -0.381 e. The van der Waals surface area contributed by atoms with Crippen molar-refractivity contribution in [3.63, 3.8) is 0 Å². The Bertz CT molecular complexity index is 327. The Balaban J connectivity index is 1.80. The van der Waals surface area contributed by atoms with E-state index in [-0.39, 0.29) is 6.04 Å². The van der Waals surface area contributed by atoms with Crippen LogP contribution in [-0.4, -0.2) is 30.0 Å². The lowest BCUT2D eigenvalue weighted by atomic mass is 10.0. The molecule has 2 heterocycles. The molecule has 0 saturated carbocycles. The van der Waals surface area contributed by atoms with Gasteiger partial charge in [-0.25, -0.2) is 4.98 Å². The van der Waals surface area contributed by atoms with Gasteiger partial charge in [-0.2, -0.15) is 0 Å². The molecule has 2 atom stereocenters. The topological polar surface area (TPSA) is 48.1 Å². The van der Waals surface area contributed by atoms with Crippen LogP contribution in [0.1, 0.15) is 6.42 Å². The van der Waals surface area contributed by atoms with Crippen LogP contribution < -0.4 is 5.73 Å². The molecule has 5 heteroatoms. The molecule has 2 rings (SSSR count). The number of nitrogens with two attached hydrogens (primary N) is 1. The molecule has 0 radical (unpaired) electrons. The van der Waals surface area contributed by atoms with Gasteiger partial charge in [-0.05, 0) is 34.5 Å². The predicted octanol–water partition coefficient (Wildman–Crippen LogP) is 2.30. The highest BCUT2D eigenvalue weighted by Crippen LogP contribution is 2.22. The lowest BCUT2D eigenvalue weighted by molar-refractivity contribution is 0.182. The highest BCUT2D eigenvalue weighted by molar-refractivity contribution is 9.10. The number of thioether (sulfide) groups is 1. The Morgan fingerprint density at radius 2 is 2.50 bits per heavy atom. The highest BCUT2D eigenvalue weighted by atomic mass is 79.9. The van der Waals surface area contributed by atoms with Crippen molar-refractivity contribution in [2.75, 3.05) is 19.0 Å². The van der Waals surface area contributed by atoms with Gasteiger partial charge >= 0.3 is 0 Å². The van der Waals surface area contributed by atoms with E-state index in [4.69, 9.17) is 10.5 Å². The van der Waals surface area contributed by atoms with Gasteiger partial charge in [0.05, 0.1) is 11.6 Å². The quantitative estimate of drug-likeness (QED) is 0.867. The average Bonchev–Trinajstić information content (AvgIpc) is 2.81. The van der Waals surface area contributed by atoms with Gasteiger partial charge in [0.2, 0.25) is 0 Å². The molecule has 1 aromatic rings. The van der Waals surface area contributed by atoms with Crippen LogP contribution >= 0.6 is 27.7 Å². The summed E-state index contributed by atoms with van der Waals surface area (Å²) < 4.78 is 6.34. The third kappa shape index (κ3) is 3.45. The van der Waals surface area contributed by atoms with Crippen LogP contribution in [0.25, 0.3) is 0 Å². The lowest BCUT2D eigenvalue weighted by Crippen LogP contribution is -2.32. The maximum absolute atomic E-state index is 6.12. The van der Waals surface area contributed by atoms with Crippen molar-refractivity contribution in [1.82, 2.24) is 4.98 Å². The summed E-state index contributed by atoms with van der Waals surface area (Å²) in [5, 5.41) is 1.03. The standard InChI is InChI=1S/C11H15BrN2OS/c12-9-1-2-11(14-5-9)16-7-10(13)8-3-4-15-6-8/h1-2,5,8,10H,3-4,6-7,13H2. The number of nitrogens with zero attached hydrogens (tertiary/aromatic N) is 1. The summed E-state index contributed by atoms with van der Waals surface area (Å²) in [6.07, 6.45) is 2.90. The van der Waals surface area contributed by atoms with Gasteiger partial charge in [0.25, 0.3) is 0 Å². The minimum atomic E-state index is 0.206. The summed E-state index contributed by atoms with van der Waals surface area (Å²) >= 11 is 5.08. The van der Waals surface area contributed by atoms with Crippen LogP contribution in [-0.2, 0) is 4.74 Å². The van der Waals surface area contributed by atoms with Crippen molar-refractivity contribution in [2.45, 2.75) is 17.5 Å². The van der Waals surface area contributed by atoms with Crippen LogP contribution in [0.15, 0.2) is 27.8 Å². The predicted molar refractivity (Wildman–Crippen MR) is 69.6 cm³/mol. The van der Waals surface area contributed by atoms with Gasteiger partial charge in [-0.15, -0.1) is 11.8 Å². The fourth-order valence-corrected chi connectivity index (χ4v) is 2.82. The van der Waals surface area contributed by atoms with E-state index < -0.39 is 0 Å². The van der Waals surface area contributed by atoms with E-state index in [9.17, 15) is 0 Å². The molecule has 3 nitrogen and oxygen atoms in total. The van der Waals surface area contributed by atoms with Gasteiger partial charge in [-0.1, -0.05) is 0 Å². The van der Waals surface area contributed by atoms with Crippen LogP contribution in [0.3, 0.4) is 0 Å². The second kappa shape index (κ2) is 6.00. The van der Waals surface area contributed by atoms with Crippen molar-refractivity contribution in [1.29, 1.82) is 0 Å². The summed E-state index contributed by atoms with van der Waals surface area (Å²) in [7, 11) is 0. The number of ether oxygens (including phenoxy) is 1. The number of pyridine rings is 1. The van der Waals surface area contributed by atoms with E-state index in [2.05, 4.69) is 20.9 Å². The highest BCUT2D eigenvalue weighted by Gasteiger charge is 2.22. The van der Waals surface area contributed by atoms with E-state index in [1.807, 2.05) is 18.3 Å². The van der Waals surface area contributed by atoms with Crippen LogP contribution in [0.2, 0.25) is 0 Å². The Morgan fingerprint density at radius 1 is 1.62 bits per heavy atom. The van der Waals surface area contributed by atoms with Gasteiger partial charge < -0.3 is 10.5 Å². The third-order valence-corrected chi connectivity index (χ3v) is 4.25. The number of hydrogen-bond acceptors (Lipinski definition) is 4. The molecule has 1 aliphatic heterocycles. The fraction of sp³-hybridized carbons (Fsp3) is 0.545. The summed E-state index contributed by atoms with van der Waals surface area (Å²) in [6.45, 7) is 1.68. The third-order valence-electron chi connectivity index (χ3n) is 2.69. The molecule has 1 fully saturated rings. The summed E-state index contributed by atoms with van der Waals surface area (Å²) in [6, 6.07) is 4.21. The van der Waals surface area contributed by atoms with Crippen molar-refractivity contribution < 1.29 is 4.74 Å². The van der Waals surface area contributed by atoms with Crippen LogP contribution in [0.4, 0.5) is 0 Å². The lowest BCUT2D eigenvalue weighted by Gasteiger charge is -2.16. The van der Waals surface area contributed by atoms with Crippen LogP contribution in [0.5, 0.6) is 0 Å². The zero-order valence-electron chi connectivity index (χ0n) is 8.93. The van der Waals surface area contributed by atoms with Gasteiger partial charge in [0.15, 0.2) is 0 Å². The molecule has 0 bridgehead atoms. The normalized spacial score (nSPS) is 22.2. The van der Waals surface area contributed by atoms with E-state index >= 15 is 0 Å². The van der Waals surface area contributed by atoms with Gasteiger partial charge in [0.1, 0.15) is 0 Å². The molecule has 0 aromatic carbocycles. The van der Waals surface area contributed by atoms with E-state index in [1.54, 1.807) is 11.8 Å². The van der Waals surface area contributed by atoms with Gasteiger partial charge in [0, 0.05) is 35.0 Å². The number of aromatic nitrogens is 1. The Hall–Kier alpha value is -0.100. The molecule has 88 valence electrons. The molecule has 1 saturated heterocycles. The zero-order valence-corrected chi connectivity index (χ0v) is 11.3. The summed E-state index contributed by atoms with van der Waals surface area (Å²) in [5.41, 5.74) is 6.12. The maximum Gasteiger partial charge on any atom is 0.0961 e. The first-order chi connectivity index (χ1) is 7.75. The fourth-order valence-electron chi connectivity index (χ4n) is 1.66. The summed E-state index contributed by atoms with van der Waals surface area (Å²) in [4.78, 5) is 4.31. The number of halogens is 1. The smallest absolute Gasteiger partial charge is 0.0961 e. The maximum atomic E-state index is 6.12. The van der Waals surface area contributed by atoms with Crippen molar-refractivity contribution in [3.05, 3.63) is 22.8 Å². The molecule has 0 aliphatic carbocycles. The molecule has 16 heavy (non-hydrogen) atoms. The second-order valence-corrected chi connectivity index (χ2v) is 5.87. The number of hydrogen-bond donors (Lipinski definition) is 1. The Labute approximate surface area is 108 Å². The summed E-state index contributed by atoms with van der Waals surface area (Å²) in [5.74, 6) is 1.42. The Morgan fingerprint density at radius 3 is 3.12 bits per heavy atom. The molecule has 0 spiro atoms. The van der Waals surface area contributed by atoms with Crippen LogP contribution in [0, 0.1) is 5.92 Å². The van der Waals surface area contributed by atoms with E-state index in [0.717, 1.165) is 34.9 Å². The largest absolute Gasteiger partial charge is 0.381 e. The first-order valence-corrected chi connectivity index (χ1v) is 7.11. The van der Waals surface area contributed by atoms with E-state index in [1.165, 1.54) is 0 Å². The SMILES string of the molecule is NC(CSc1ccc(Br)cn1)C1CCOC1. The first kappa shape index (κ1) is 12.4. The number of rotatable bonds is 4. The average molecular weight is 303 g/mol. The second-order valence-electron chi connectivity index (χ2n) is 3.91. The monoisotopic (exact) mass is 302 g/mol. The van der Waals surface area contributed by atoms with Crippen molar-refractivity contribution >= 4 is 27.7 Å². The molecule has 2 N–H and O–H groups in total. The molecule has 2 unspecified atom stereocenters.